The van der Waals surface area contributed by atoms with Gasteiger partial charge >= 0.3 is 0 Å². The van der Waals surface area contributed by atoms with Gasteiger partial charge < -0.3 is 10.6 Å². The van der Waals surface area contributed by atoms with Crippen LogP contribution in [0.5, 0.6) is 0 Å². The van der Waals surface area contributed by atoms with E-state index in [4.69, 9.17) is 0 Å². The summed E-state index contributed by atoms with van der Waals surface area (Å²) in [4.78, 5) is 12.3. The van der Waals surface area contributed by atoms with E-state index < -0.39 is 0 Å². The maximum Gasteiger partial charge on any atom is 0.220 e. The van der Waals surface area contributed by atoms with Crippen LogP contribution in [0.1, 0.15) is 64.2 Å². The van der Waals surface area contributed by atoms with Crippen LogP contribution in [-0.2, 0) is 4.79 Å². The van der Waals surface area contributed by atoms with E-state index in [2.05, 4.69) is 10.6 Å². The van der Waals surface area contributed by atoms with Crippen LogP contribution < -0.4 is 10.6 Å². The molecule has 4 saturated carbocycles. The molecule has 5 fully saturated rings. The van der Waals surface area contributed by atoms with Crippen molar-refractivity contribution in [2.45, 2.75) is 64.2 Å². The third-order valence-electron chi connectivity index (χ3n) is 7.06. The third kappa shape index (κ3) is 3.20. The maximum atomic E-state index is 12.3. The molecule has 5 aliphatic rings. The molecule has 3 heteroatoms. The Morgan fingerprint density at radius 3 is 2.18 bits per heavy atom. The Hall–Kier alpha value is -0.570. The van der Waals surface area contributed by atoms with Crippen molar-refractivity contribution in [2.75, 3.05) is 19.6 Å². The summed E-state index contributed by atoms with van der Waals surface area (Å²) in [5.74, 6) is 4.04. The fourth-order valence-corrected chi connectivity index (χ4v) is 6.39. The zero-order valence-corrected chi connectivity index (χ0v) is 13.9. The second-order valence-electron chi connectivity index (χ2n) is 8.93. The number of hydrogen-bond donors (Lipinski definition) is 2. The molecule has 1 saturated heterocycles. The molecule has 5 rings (SSSR count). The molecule has 0 aromatic rings. The average Bonchev–Trinajstić information content (AvgIpc) is 2.51. The fourth-order valence-electron chi connectivity index (χ4n) is 6.39. The highest BCUT2D eigenvalue weighted by Crippen LogP contribution is 2.59. The largest absolute Gasteiger partial charge is 0.356 e. The first-order valence-electron chi connectivity index (χ1n) is 9.68. The lowest BCUT2D eigenvalue weighted by Gasteiger charge is -2.56. The van der Waals surface area contributed by atoms with Gasteiger partial charge in [0.1, 0.15) is 0 Å². The van der Waals surface area contributed by atoms with Crippen molar-refractivity contribution in [3.05, 3.63) is 0 Å². The van der Waals surface area contributed by atoms with Crippen molar-refractivity contribution in [2.24, 2.45) is 29.1 Å². The number of carbonyl (C=O) groups is 1. The highest BCUT2D eigenvalue weighted by Gasteiger charge is 2.50. The molecule has 124 valence electrons. The molecule has 2 N–H and O–H groups in total. The Morgan fingerprint density at radius 1 is 1.00 bits per heavy atom. The molecule has 1 heterocycles. The third-order valence-corrected chi connectivity index (χ3v) is 7.06. The van der Waals surface area contributed by atoms with Crippen molar-refractivity contribution in [1.82, 2.24) is 10.6 Å². The fraction of sp³-hybridized carbons (Fsp3) is 0.947. The van der Waals surface area contributed by atoms with Crippen LogP contribution in [0.15, 0.2) is 0 Å². The second kappa shape index (κ2) is 6.14. The summed E-state index contributed by atoms with van der Waals surface area (Å²) < 4.78 is 0. The molecule has 4 aliphatic carbocycles. The van der Waals surface area contributed by atoms with Gasteiger partial charge in [-0.2, -0.15) is 0 Å². The predicted molar refractivity (Wildman–Crippen MR) is 88.4 cm³/mol. The molecule has 0 spiro atoms. The summed E-state index contributed by atoms with van der Waals surface area (Å²) in [6, 6.07) is 0. The SMILES string of the molecule is O=C(CCC1CCNCC1)NCC12CC3CC(CC(C3)C1)C2. The maximum absolute atomic E-state index is 12.3. The summed E-state index contributed by atoms with van der Waals surface area (Å²) in [6.45, 7) is 3.25. The standard InChI is InChI=1S/C19H32N2O/c22-18(2-1-14-3-5-20-6-4-14)21-13-19-10-15-7-16(11-19)9-17(8-15)12-19/h14-17,20H,1-13H2,(H,21,22). The molecule has 0 unspecified atom stereocenters. The molecule has 0 aromatic heterocycles. The molecule has 0 atom stereocenters. The van der Waals surface area contributed by atoms with Crippen molar-refractivity contribution in [3.8, 4) is 0 Å². The number of carbonyl (C=O) groups excluding carboxylic acids is 1. The smallest absolute Gasteiger partial charge is 0.220 e. The van der Waals surface area contributed by atoms with Gasteiger partial charge in [0.25, 0.3) is 0 Å². The Morgan fingerprint density at radius 2 is 1.59 bits per heavy atom. The quantitative estimate of drug-likeness (QED) is 0.819. The Kier molecular flexibility index (Phi) is 4.19. The highest BCUT2D eigenvalue weighted by molar-refractivity contribution is 5.75. The van der Waals surface area contributed by atoms with E-state index >= 15 is 0 Å². The van der Waals surface area contributed by atoms with E-state index in [1.54, 1.807) is 0 Å². The number of amides is 1. The number of rotatable bonds is 5. The molecule has 4 bridgehead atoms. The van der Waals surface area contributed by atoms with Crippen molar-refractivity contribution >= 4 is 5.91 Å². The highest BCUT2D eigenvalue weighted by atomic mass is 16.1. The minimum Gasteiger partial charge on any atom is -0.356 e. The zero-order valence-electron chi connectivity index (χ0n) is 13.9. The topological polar surface area (TPSA) is 41.1 Å². The van der Waals surface area contributed by atoms with Crippen molar-refractivity contribution < 1.29 is 4.79 Å². The first-order valence-corrected chi connectivity index (χ1v) is 9.68. The van der Waals surface area contributed by atoms with E-state index in [1.165, 1.54) is 51.4 Å². The monoisotopic (exact) mass is 304 g/mol. The van der Waals surface area contributed by atoms with Gasteiger partial charge in [-0.1, -0.05) is 0 Å². The van der Waals surface area contributed by atoms with E-state index in [0.717, 1.165) is 56.1 Å². The molecule has 22 heavy (non-hydrogen) atoms. The van der Waals surface area contributed by atoms with E-state index in [0.29, 0.717) is 11.3 Å². The van der Waals surface area contributed by atoms with Crippen LogP contribution in [0.25, 0.3) is 0 Å². The zero-order chi connectivity index (χ0) is 15.0. The van der Waals surface area contributed by atoms with Gasteiger partial charge in [-0.25, -0.2) is 0 Å². The van der Waals surface area contributed by atoms with Crippen LogP contribution in [0, 0.1) is 29.1 Å². The first-order chi connectivity index (χ1) is 10.7. The van der Waals surface area contributed by atoms with Gasteiger partial charge in [0.2, 0.25) is 5.91 Å². The van der Waals surface area contributed by atoms with Gasteiger partial charge in [-0.15, -0.1) is 0 Å². The molecular weight excluding hydrogens is 272 g/mol. The predicted octanol–water partition coefficient (Wildman–Crippen LogP) is 3.10. The summed E-state index contributed by atoms with van der Waals surface area (Å²) in [7, 11) is 0. The summed E-state index contributed by atoms with van der Waals surface area (Å²) >= 11 is 0. The first kappa shape index (κ1) is 15.0. The molecule has 0 aromatic carbocycles. The van der Waals surface area contributed by atoms with E-state index in [-0.39, 0.29) is 0 Å². The Balaban J connectivity index is 1.23. The number of hydrogen-bond acceptors (Lipinski definition) is 2. The molecule has 1 aliphatic heterocycles. The van der Waals surface area contributed by atoms with Crippen molar-refractivity contribution in [1.29, 1.82) is 0 Å². The van der Waals surface area contributed by atoms with Crippen molar-refractivity contribution in [3.63, 3.8) is 0 Å². The average molecular weight is 304 g/mol. The van der Waals surface area contributed by atoms with E-state index in [1.807, 2.05) is 0 Å². The molecular formula is C19H32N2O. The lowest BCUT2D eigenvalue weighted by atomic mass is 9.49. The van der Waals surface area contributed by atoms with Gasteiger partial charge in [0.05, 0.1) is 0 Å². The summed E-state index contributed by atoms with van der Waals surface area (Å²) in [5, 5.41) is 6.73. The Labute approximate surface area is 135 Å². The van der Waals surface area contributed by atoms with Crippen LogP contribution in [-0.4, -0.2) is 25.5 Å². The number of nitrogens with one attached hydrogen (secondary N) is 2. The number of piperidine rings is 1. The van der Waals surface area contributed by atoms with E-state index in [9.17, 15) is 4.79 Å². The molecule has 3 nitrogen and oxygen atoms in total. The second-order valence-corrected chi connectivity index (χ2v) is 8.93. The van der Waals surface area contributed by atoms with Gasteiger partial charge in [-0.3, -0.25) is 4.79 Å². The molecule has 0 radical (unpaired) electrons. The van der Waals surface area contributed by atoms with Gasteiger partial charge in [-0.05, 0) is 100.0 Å². The minimum atomic E-state index is 0.314. The van der Waals surface area contributed by atoms with Crippen LogP contribution in [0.3, 0.4) is 0 Å². The summed E-state index contributed by atoms with van der Waals surface area (Å²) in [5.41, 5.74) is 0.485. The van der Waals surface area contributed by atoms with Crippen LogP contribution >= 0.6 is 0 Å². The normalized spacial score (nSPS) is 40.8. The van der Waals surface area contributed by atoms with Crippen LogP contribution in [0.4, 0.5) is 0 Å². The molecule has 1 amide bonds. The lowest BCUT2D eigenvalue weighted by molar-refractivity contribution is -0.123. The summed E-state index contributed by atoms with van der Waals surface area (Å²) in [6.07, 6.45) is 13.0. The van der Waals surface area contributed by atoms with Gasteiger partial charge in [0, 0.05) is 13.0 Å². The minimum absolute atomic E-state index is 0.314. The van der Waals surface area contributed by atoms with Gasteiger partial charge in [0.15, 0.2) is 0 Å². The lowest BCUT2D eigenvalue weighted by Crippen LogP contribution is -2.51. The van der Waals surface area contributed by atoms with Crippen LogP contribution in [0.2, 0.25) is 0 Å². The Bertz CT molecular complexity index is 378.